The van der Waals surface area contributed by atoms with Crippen molar-refractivity contribution in [1.29, 1.82) is 0 Å². The van der Waals surface area contributed by atoms with Crippen LogP contribution in [-0.4, -0.2) is 29.9 Å². The summed E-state index contributed by atoms with van der Waals surface area (Å²) in [5.74, 6) is -1.00. The third-order valence-corrected chi connectivity index (χ3v) is 5.07. The van der Waals surface area contributed by atoms with Crippen molar-refractivity contribution in [2.24, 2.45) is 0 Å². The number of phenols is 1. The molecule has 2 N–H and O–H groups in total. The number of hydrogen-bond donors (Lipinski definition) is 2. The van der Waals surface area contributed by atoms with Gasteiger partial charge in [0.2, 0.25) is 5.75 Å². The van der Waals surface area contributed by atoms with Crippen LogP contribution in [0.3, 0.4) is 0 Å². The molecule has 162 valence electrons. The number of unbranched alkanes of at least 4 members (excludes halogenated alkanes) is 1. The van der Waals surface area contributed by atoms with Crippen molar-refractivity contribution in [2.45, 2.75) is 39.5 Å². The van der Waals surface area contributed by atoms with Crippen LogP contribution >= 0.6 is 0 Å². The van der Waals surface area contributed by atoms with Crippen LogP contribution in [0.5, 0.6) is 5.75 Å². The molecule has 31 heavy (non-hydrogen) atoms. The van der Waals surface area contributed by atoms with Gasteiger partial charge in [-0.3, -0.25) is 20.2 Å². The SMILES string of the molecule is CCCCc1c(-c2ccc(CC)cc2)nc(-c2cc([N+](=O)[O-])cc([N+](=O)[O-])c2O)n1O. The molecule has 0 fully saturated rings. The molecule has 0 bridgehead atoms. The Bertz CT molecular complexity index is 1140. The quantitative estimate of drug-likeness (QED) is 0.296. The number of rotatable bonds is 8. The molecule has 0 spiro atoms. The highest BCUT2D eigenvalue weighted by molar-refractivity contribution is 5.77. The number of aromatic nitrogens is 2. The lowest BCUT2D eigenvalue weighted by Gasteiger charge is -2.07. The van der Waals surface area contributed by atoms with Gasteiger partial charge in [-0.25, -0.2) is 4.98 Å². The van der Waals surface area contributed by atoms with E-state index < -0.39 is 27.0 Å². The van der Waals surface area contributed by atoms with E-state index in [1.54, 1.807) is 0 Å². The van der Waals surface area contributed by atoms with E-state index in [4.69, 9.17) is 0 Å². The van der Waals surface area contributed by atoms with Gasteiger partial charge in [0.1, 0.15) is 0 Å². The van der Waals surface area contributed by atoms with Crippen LogP contribution in [-0.2, 0) is 12.8 Å². The average molecular weight is 426 g/mol. The fraction of sp³-hybridized carbons (Fsp3) is 0.286. The van der Waals surface area contributed by atoms with Gasteiger partial charge in [0, 0.05) is 11.6 Å². The van der Waals surface area contributed by atoms with Crippen molar-refractivity contribution in [3.05, 3.63) is 67.9 Å². The summed E-state index contributed by atoms with van der Waals surface area (Å²) in [6.07, 6.45) is 2.91. The van der Waals surface area contributed by atoms with Crippen LogP contribution in [0.25, 0.3) is 22.6 Å². The molecule has 3 rings (SSSR count). The summed E-state index contributed by atoms with van der Waals surface area (Å²) in [7, 11) is 0. The molecule has 2 aromatic carbocycles. The predicted octanol–water partition coefficient (Wildman–Crippen LogP) is 4.88. The molecule has 1 aromatic heterocycles. The van der Waals surface area contributed by atoms with Gasteiger partial charge in [-0.2, -0.15) is 4.73 Å². The molecule has 0 aliphatic heterocycles. The summed E-state index contributed by atoms with van der Waals surface area (Å²) < 4.78 is 0.751. The first-order valence-electron chi connectivity index (χ1n) is 9.84. The number of nitro groups is 2. The predicted molar refractivity (Wildman–Crippen MR) is 113 cm³/mol. The fourth-order valence-corrected chi connectivity index (χ4v) is 3.34. The Labute approximate surface area is 177 Å². The van der Waals surface area contributed by atoms with Crippen molar-refractivity contribution in [2.75, 3.05) is 0 Å². The third-order valence-electron chi connectivity index (χ3n) is 5.07. The number of non-ortho nitro benzene ring substituents is 1. The number of aromatic hydroxyl groups is 1. The standard InChI is InChI=1S/C21H22N4O6/c1-3-5-6-17-19(14-9-7-13(4-2)8-10-14)22-21(23(17)27)16-11-15(24(28)29)12-18(20(16)26)25(30)31/h7-12,26-27H,3-6H2,1-2H3. The summed E-state index contributed by atoms with van der Waals surface area (Å²) in [5, 5.41) is 43.8. The molecule has 0 unspecified atom stereocenters. The molecule has 1 heterocycles. The Morgan fingerprint density at radius 3 is 2.29 bits per heavy atom. The topological polar surface area (TPSA) is 145 Å². The van der Waals surface area contributed by atoms with Crippen LogP contribution in [0.1, 0.15) is 37.9 Å². The van der Waals surface area contributed by atoms with Gasteiger partial charge < -0.3 is 10.3 Å². The van der Waals surface area contributed by atoms with Crippen LogP contribution in [0.4, 0.5) is 11.4 Å². The van der Waals surface area contributed by atoms with E-state index in [0.717, 1.165) is 41.2 Å². The zero-order valence-corrected chi connectivity index (χ0v) is 17.1. The van der Waals surface area contributed by atoms with Gasteiger partial charge in [0.25, 0.3) is 5.69 Å². The molecule has 3 aromatic rings. The maximum atomic E-state index is 11.3. The molecular formula is C21H22N4O6. The average Bonchev–Trinajstić information content (AvgIpc) is 3.08. The summed E-state index contributed by atoms with van der Waals surface area (Å²) >= 11 is 0. The molecule has 0 atom stereocenters. The maximum absolute atomic E-state index is 11.3. The van der Waals surface area contributed by atoms with E-state index >= 15 is 0 Å². The van der Waals surface area contributed by atoms with Crippen LogP contribution in [0.15, 0.2) is 36.4 Å². The summed E-state index contributed by atoms with van der Waals surface area (Å²) in [6, 6.07) is 9.22. The normalized spacial score (nSPS) is 10.9. The Morgan fingerprint density at radius 2 is 1.74 bits per heavy atom. The largest absolute Gasteiger partial charge is 0.502 e. The maximum Gasteiger partial charge on any atom is 0.318 e. The van der Waals surface area contributed by atoms with Crippen LogP contribution in [0, 0.1) is 20.2 Å². The first-order valence-corrected chi connectivity index (χ1v) is 9.84. The number of nitro benzene ring substituents is 2. The molecule has 10 nitrogen and oxygen atoms in total. The second-order valence-electron chi connectivity index (χ2n) is 7.07. The second-order valence-corrected chi connectivity index (χ2v) is 7.07. The fourth-order valence-electron chi connectivity index (χ4n) is 3.34. The molecule has 0 radical (unpaired) electrons. The lowest BCUT2D eigenvalue weighted by Crippen LogP contribution is -2.02. The lowest BCUT2D eigenvalue weighted by molar-refractivity contribution is -0.394. The van der Waals surface area contributed by atoms with Crippen molar-refractivity contribution >= 4 is 11.4 Å². The number of hydrogen-bond acceptors (Lipinski definition) is 7. The molecular weight excluding hydrogens is 404 g/mol. The third kappa shape index (κ3) is 4.18. The Morgan fingerprint density at radius 1 is 1.06 bits per heavy atom. The van der Waals surface area contributed by atoms with Gasteiger partial charge in [0.05, 0.1) is 32.9 Å². The van der Waals surface area contributed by atoms with E-state index in [0.29, 0.717) is 23.9 Å². The van der Waals surface area contributed by atoms with Crippen LogP contribution < -0.4 is 0 Å². The van der Waals surface area contributed by atoms with Gasteiger partial charge in [0.15, 0.2) is 5.82 Å². The van der Waals surface area contributed by atoms with E-state index in [-0.39, 0.29) is 11.4 Å². The highest BCUT2D eigenvalue weighted by atomic mass is 16.6. The molecule has 10 heteroatoms. The Hall–Kier alpha value is -3.95. The highest BCUT2D eigenvalue weighted by Crippen LogP contribution is 2.41. The molecule has 0 saturated carbocycles. The molecule has 0 saturated heterocycles. The minimum atomic E-state index is -0.918. The molecule has 0 aliphatic rings. The summed E-state index contributed by atoms with van der Waals surface area (Å²) in [4.78, 5) is 25.3. The van der Waals surface area contributed by atoms with Crippen molar-refractivity contribution in [1.82, 2.24) is 9.71 Å². The summed E-state index contributed by atoms with van der Waals surface area (Å²) in [6.45, 7) is 4.02. The second kappa shape index (κ2) is 8.82. The zero-order chi connectivity index (χ0) is 22.7. The molecule has 0 amide bonds. The van der Waals surface area contributed by atoms with Gasteiger partial charge in [-0.05, 0) is 24.8 Å². The number of phenolic OH excluding ortho intramolecular Hbond substituents is 1. The number of benzene rings is 2. The minimum Gasteiger partial charge on any atom is -0.502 e. The van der Waals surface area contributed by atoms with Crippen molar-refractivity contribution in [3.8, 4) is 28.4 Å². The van der Waals surface area contributed by atoms with Crippen molar-refractivity contribution < 1.29 is 20.2 Å². The van der Waals surface area contributed by atoms with Gasteiger partial charge in [-0.15, -0.1) is 0 Å². The van der Waals surface area contributed by atoms with Gasteiger partial charge in [-0.1, -0.05) is 44.5 Å². The van der Waals surface area contributed by atoms with E-state index in [9.17, 15) is 30.5 Å². The van der Waals surface area contributed by atoms with E-state index in [1.165, 1.54) is 0 Å². The van der Waals surface area contributed by atoms with Crippen molar-refractivity contribution in [3.63, 3.8) is 0 Å². The minimum absolute atomic E-state index is 0.204. The monoisotopic (exact) mass is 426 g/mol. The first kappa shape index (κ1) is 21.8. The Kier molecular flexibility index (Phi) is 6.19. The van der Waals surface area contributed by atoms with Gasteiger partial charge >= 0.3 is 5.69 Å². The smallest absolute Gasteiger partial charge is 0.318 e. The first-order chi connectivity index (χ1) is 14.8. The highest BCUT2D eigenvalue weighted by Gasteiger charge is 2.29. The van der Waals surface area contributed by atoms with Crippen LogP contribution in [0.2, 0.25) is 0 Å². The number of aryl methyl sites for hydroxylation is 1. The summed E-state index contributed by atoms with van der Waals surface area (Å²) in [5.41, 5.74) is 1.02. The van der Waals surface area contributed by atoms with E-state index in [2.05, 4.69) is 4.98 Å². The Balaban J connectivity index is 2.25. The number of imidazole rings is 1. The number of nitrogens with zero attached hydrogens (tertiary/aromatic N) is 4. The lowest BCUT2D eigenvalue weighted by atomic mass is 10.0. The van der Waals surface area contributed by atoms with E-state index in [1.807, 2.05) is 38.1 Å². The zero-order valence-electron chi connectivity index (χ0n) is 17.1. The molecule has 0 aliphatic carbocycles.